The minimum atomic E-state index is -4.23. The van der Waals surface area contributed by atoms with Crippen LogP contribution in [0.2, 0.25) is 10.0 Å². The van der Waals surface area contributed by atoms with E-state index in [2.05, 4.69) is 5.32 Å². The third-order valence-electron chi connectivity index (χ3n) is 6.46. The molecular weight excluding hydrogens is 597 g/mol. The minimum absolute atomic E-state index is 0.00383. The predicted octanol–water partition coefficient (Wildman–Crippen LogP) is 6.23. The maximum atomic E-state index is 14.2. The largest absolute Gasteiger partial charge is 0.495 e. The Morgan fingerprint density at radius 1 is 0.976 bits per heavy atom. The Morgan fingerprint density at radius 2 is 1.62 bits per heavy atom. The Kier molecular flexibility index (Phi) is 10.9. The molecule has 3 rings (SSSR count). The van der Waals surface area contributed by atoms with Crippen molar-refractivity contribution in [2.75, 3.05) is 18.0 Å². The number of ether oxygens (including phenoxy) is 1. The van der Waals surface area contributed by atoms with Gasteiger partial charge in [-0.15, -0.1) is 0 Å². The lowest BCUT2D eigenvalue weighted by molar-refractivity contribution is -0.141. The van der Waals surface area contributed by atoms with Crippen molar-refractivity contribution in [1.29, 1.82) is 0 Å². The molecule has 226 valence electrons. The number of hydrogen-bond donors (Lipinski definition) is 1. The Labute approximate surface area is 258 Å². The zero-order valence-corrected chi connectivity index (χ0v) is 27.0. The molecule has 0 unspecified atom stereocenters. The molecule has 0 bridgehead atoms. The molecule has 2 amide bonds. The van der Waals surface area contributed by atoms with Crippen molar-refractivity contribution in [3.8, 4) is 5.75 Å². The summed E-state index contributed by atoms with van der Waals surface area (Å²) in [5.74, 6) is -0.670. The molecule has 3 aromatic rings. The number of benzene rings is 3. The number of para-hydroxylation sites is 2. The summed E-state index contributed by atoms with van der Waals surface area (Å²) in [6, 6.07) is 17.0. The maximum Gasteiger partial charge on any atom is 0.264 e. The number of hydrogen-bond acceptors (Lipinski definition) is 5. The minimum Gasteiger partial charge on any atom is -0.495 e. The highest BCUT2D eigenvalue weighted by atomic mass is 35.5. The average molecular weight is 635 g/mol. The normalized spacial score (nSPS) is 12.4. The van der Waals surface area contributed by atoms with Gasteiger partial charge in [-0.05, 0) is 76.1 Å². The summed E-state index contributed by atoms with van der Waals surface area (Å²) in [7, 11) is -2.80. The second-order valence-corrected chi connectivity index (χ2v) is 13.6. The topological polar surface area (TPSA) is 96.0 Å². The summed E-state index contributed by atoms with van der Waals surface area (Å²) >= 11 is 12.4. The first-order chi connectivity index (χ1) is 19.7. The van der Waals surface area contributed by atoms with Crippen molar-refractivity contribution in [3.05, 3.63) is 87.9 Å². The second kappa shape index (κ2) is 13.8. The first-order valence-corrected chi connectivity index (χ1v) is 15.7. The van der Waals surface area contributed by atoms with Gasteiger partial charge in [-0.3, -0.25) is 13.9 Å². The van der Waals surface area contributed by atoms with E-state index in [0.717, 1.165) is 9.87 Å². The SMILES string of the molecule is CC[C@@H](C(=O)NC(C)(C)C)N(Cc1ccc(Cl)c(Cl)c1)C(=O)CN(c1ccccc1OC)S(=O)(=O)c1ccc(C)cc1. The highest BCUT2D eigenvalue weighted by molar-refractivity contribution is 7.92. The van der Waals surface area contributed by atoms with Crippen molar-refractivity contribution in [3.63, 3.8) is 0 Å². The second-order valence-electron chi connectivity index (χ2n) is 10.9. The summed E-state index contributed by atoms with van der Waals surface area (Å²) < 4.78 is 34.6. The average Bonchev–Trinajstić information content (AvgIpc) is 2.92. The molecule has 11 heteroatoms. The van der Waals surface area contributed by atoms with Crippen LogP contribution in [0.5, 0.6) is 5.75 Å². The number of aryl methyl sites for hydroxylation is 1. The van der Waals surface area contributed by atoms with Crippen molar-refractivity contribution >= 4 is 50.7 Å². The van der Waals surface area contributed by atoms with Gasteiger partial charge >= 0.3 is 0 Å². The first-order valence-electron chi connectivity index (χ1n) is 13.5. The maximum absolute atomic E-state index is 14.2. The van der Waals surface area contributed by atoms with E-state index in [9.17, 15) is 18.0 Å². The van der Waals surface area contributed by atoms with Crippen LogP contribution in [0.3, 0.4) is 0 Å². The predicted molar refractivity (Wildman–Crippen MR) is 168 cm³/mol. The van der Waals surface area contributed by atoms with Crippen LogP contribution in [-0.4, -0.2) is 50.4 Å². The van der Waals surface area contributed by atoms with Gasteiger partial charge in [0.1, 0.15) is 18.3 Å². The smallest absolute Gasteiger partial charge is 0.264 e. The molecule has 0 saturated carbocycles. The quantitative estimate of drug-likeness (QED) is 0.270. The first kappa shape index (κ1) is 33.2. The van der Waals surface area contributed by atoms with E-state index in [1.165, 1.54) is 24.1 Å². The number of amides is 2. The zero-order valence-electron chi connectivity index (χ0n) is 24.6. The molecule has 0 aliphatic heterocycles. The van der Waals surface area contributed by atoms with Gasteiger partial charge in [-0.2, -0.15) is 0 Å². The Hall–Kier alpha value is -3.27. The molecule has 0 saturated heterocycles. The number of nitrogens with zero attached hydrogens (tertiary/aromatic N) is 2. The summed E-state index contributed by atoms with van der Waals surface area (Å²) in [5, 5.41) is 3.59. The molecule has 0 radical (unpaired) electrons. The van der Waals surface area contributed by atoms with Crippen LogP contribution in [0, 0.1) is 6.92 Å². The highest BCUT2D eigenvalue weighted by Gasteiger charge is 2.35. The van der Waals surface area contributed by atoms with Gasteiger partial charge in [0, 0.05) is 12.1 Å². The van der Waals surface area contributed by atoms with Gasteiger partial charge in [0.15, 0.2) is 0 Å². The van der Waals surface area contributed by atoms with Crippen LogP contribution < -0.4 is 14.4 Å². The number of anilines is 1. The van der Waals surface area contributed by atoms with Gasteiger partial charge in [-0.25, -0.2) is 8.42 Å². The fourth-order valence-corrected chi connectivity index (χ4v) is 6.14. The summed E-state index contributed by atoms with van der Waals surface area (Å²) in [6.07, 6.45) is 0.286. The van der Waals surface area contributed by atoms with Gasteiger partial charge in [0.2, 0.25) is 11.8 Å². The van der Waals surface area contributed by atoms with E-state index in [1.807, 2.05) is 27.7 Å². The van der Waals surface area contributed by atoms with E-state index < -0.39 is 34.1 Å². The fourth-order valence-electron chi connectivity index (χ4n) is 4.39. The lowest BCUT2D eigenvalue weighted by Gasteiger charge is -2.35. The van der Waals surface area contributed by atoms with Crippen LogP contribution >= 0.6 is 23.2 Å². The van der Waals surface area contributed by atoms with Gasteiger partial charge in [0.25, 0.3) is 10.0 Å². The Bertz CT molecular complexity index is 1520. The van der Waals surface area contributed by atoms with E-state index >= 15 is 0 Å². The number of rotatable bonds is 11. The highest BCUT2D eigenvalue weighted by Crippen LogP contribution is 2.33. The van der Waals surface area contributed by atoms with Crippen LogP contribution in [0.1, 0.15) is 45.2 Å². The number of halogens is 2. The molecule has 0 aromatic heterocycles. The molecule has 0 aliphatic rings. The summed E-state index contributed by atoms with van der Waals surface area (Å²) in [4.78, 5) is 29.1. The van der Waals surface area contributed by atoms with Gasteiger partial charge in [-0.1, -0.05) is 66.0 Å². The van der Waals surface area contributed by atoms with E-state index in [4.69, 9.17) is 27.9 Å². The molecule has 0 spiro atoms. The molecule has 0 aliphatic carbocycles. The number of nitrogens with one attached hydrogen (secondary N) is 1. The van der Waals surface area contributed by atoms with E-state index in [-0.39, 0.29) is 35.2 Å². The third kappa shape index (κ3) is 8.18. The monoisotopic (exact) mass is 633 g/mol. The fraction of sp³-hybridized carbons (Fsp3) is 0.355. The lowest BCUT2D eigenvalue weighted by Crippen LogP contribution is -2.55. The standard InChI is InChI=1S/C31H37Cl2N3O5S/c1-7-26(30(38)34-31(3,4)5)35(19-22-14-17-24(32)25(33)18-22)29(37)20-36(27-10-8-9-11-28(27)41-6)42(39,40)23-15-12-21(2)13-16-23/h8-18,26H,7,19-20H2,1-6H3,(H,34,38)/t26-/m0/s1. The summed E-state index contributed by atoms with van der Waals surface area (Å²) in [6.45, 7) is 8.60. The van der Waals surface area contributed by atoms with Crippen LogP contribution in [0.25, 0.3) is 0 Å². The van der Waals surface area contributed by atoms with Gasteiger partial charge in [0.05, 0.1) is 27.7 Å². The number of carbonyl (C=O) groups is 2. The Balaban J connectivity index is 2.12. The third-order valence-corrected chi connectivity index (χ3v) is 8.98. The number of carbonyl (C=O) groups excluding carboxylic acids is 2. The van der Waals surface area contributed by atoms with Crippen LogP contribution in [-0.2, 0) is 26.2 Å². The van der Waals surface area contributed by atoms with Crippen molar-refractivity contribution < 1.29 is 22.7 Å². The molecule has 42 heavy (non-hydrogen) atoms. The lowest BCUT2D eigenvalue weighted by atomic mass is 10.1. The molecule has 8 nitrogen and oxygen atoms in total. The molecule has 3 aromatic carbocycles. The van der Waals surface area contributed by atoms with E-state index in [1.54, 1.807) is 61.5 Å². The van der Waals surface area contributed by atoms with Crippen molar-refractivity contribution in [1.82, 2.24) is 10.2 Å². The van der Waals surface area contributed by atoms with Crippen molar-refractivity contribution in [2.24, 2.45) is 0 Å². The summed E-state index contributed by atoms with van der Waals surface area (Å²) in [5.41, 5.74) is 1.15. The van der Waals surface area contributed by atoms with E-state index in [0.29, 0.717) is 15.6 Å². The zero-order chi connectivity index (χ0) is 31.2. The van der Waals surface area contributed by atoms with Crippen LogP contribution in [0.15, 0.2) is 71.6 Å². The van der Waals surface area contributed by atoms with Crippen LogP contribution in [0.4, 0.5) is 5.69 Å². The van der Waals surface area contributed by atoms with Crippen molar-refractivity contribution in [2.45, 2.75) is 64.1 Å². The molecule has 1 atom stereocenters. The molecule has 0 heterocycles. The Morgan fingerprint density at radius 3 is 2.19 bits per heavy atom. The van der Waals surface area contributed by atoms with Gasteiger partial charge < -0.3 is 15.0 Å². The molecule has 0 fully saturated rings. The number of sulfonamides is 1. The number of methoxy groups -OCH3 is 1. The molecule has 1 N–H and O–H groups in total. The molecular formula is C31H37Cl2N3O5S.